The minimum absolute atomic E-state index is 0.245. The summed E-state index contributed by atoms with van der Waals surface area (Å²) in [5.41, 5.74) is -1.62. The Hall–Kier alpha value is -0.650. The molecule has 0 bridgehead atoms. The number of hydrogen-bond donors (Lipinski definition) is 2. The molecule has 0 aliphatic carbocycles. The summed E-state index contributed by atoms with van der Waals surface area (Å²) in [5, 5.41) is 13.9. The van der Waals surface area contributed by atoms with E-state index < -0.39 is 11.0 Å². The number of rotatable bonds is 3. The molecule has 0 aromatic rings. The van der Waals surface area contributed by atoms with Crippen LogP contribution in [0.2, 0.25) is 0 Å². The molecule has 2 aliphatic rings. The van der Waals surface area contributed by atoms with Crippen LogP contribution >= 0.6 is 0 Å². The molecule has 0 saturated carbocycles. The van der Waals surface area contributed by atoms with E-state index in [1.165, 1.54) is 0 Å². The molecule has 2 heterocycles. The molecule has 0 aromatic carbocycles. The van der Waals surface area contributed by atoms with Crippen molar-refractivity contribution in [1.82, 2.24) is 10.2 Å². The molecular formula is C12H22N2O3. The number of carbonyl (C=O) groups is 1. The number of hydrogen-bond acceptors (Lipinski definition) is 5. The van der Waals surface area contributed by atoms with E-state index in [1.54, 1.807) is 6.92 Å². The Morgan fingerprint density at radius 2 is 2.00 bits per heavy atom. The molecule has 0 unspecified atom stereocenters. The van der Waals surface area contributed by atoms with Gasteiger partial charge in [0.15, 0.2) is 0 Å². The smallest absolute Gasteiger partial charge is 0.317 e. The number of carbonyl (C=O) groups excluding carboxylic acids is 1. The molecule has 0 atom stereocenters. The first-order valence-electron chi connectivity index (χ1n) is 6.33. The van der Waals surface area contributed by atoms with Gasteiger partial charge in [-0.15, -0.1) is 0 Å². The highest BCUT2D eigenvalue weighted by atomic mass is 16.5. The van der Waals surface area contributed by atoms with Crippen LogP contribution in [0.25, 0.3) is 0 Å². The molecule has 0 radical (unpaired) electrons. The van der Waals surface area contributed by atoms with E-state index in [9.17, 15) is 9.90 Å². The molecule has 2 saturated heterocycles. The van der Waals surface area contributed by atoms with E-state index in [2.05, 4.69) is 10.2 Å². The fourth-order valence-corrected chi connectivity index (χ4v) is 2.77. The maximum Gasteiger partial charge on any atom is 0.317 e. The zero-order valence-corrected chi connectivity index (χ0v) is 10.7. The van der Waals surface area contributed by atoms with Gasteiger partial charge in [0.1, 0.15) is 5.41 Å². The van der Waals surface area contributed by atoms with Gasteiger partial charge >= 0.3 is 5.97 Å². The van der Waals surface area contributed by atoms with Crippen molar-refractivity contribution in [2.45, 2.75) is 25.4 Å². The van der Waals surface area contributed by atoms with Crippen LogP contribution in [0.1, 0.15) is 19.8 Å². The Bertz CT molecular complexity index is 294. The van der Waals surface area contributed by atoms with Crippen LogP contribution in [-0.2, 0) is 9.53 Å². The molecule has 2 rings (SSSR count). The molecule has 17 heavy (non-hydrogen) atoms. The van der Waals surface area contributed by atoms with E-state index in [4.69, 9.17) is 4.74 Å². The second kappa shape index (κ2) is 4.55. The maximum atomic E-state index is 12.1. The first-order valence-corrected chi connectivity index (χ1v) is 6.33. The molecule has 5 nitrogen and oxygen atoms in total. The molecule has 0 spiro atoms. The highest BCUT2D eigenvalue weighted by Crippen LogP contribution is 2.43. The van der Waals surface area contributed by atoms with Crippen LogP contribution in [0.4, 0.5) is 0 Å². The third-order valence-electron chi connectivity index (χ3n) is 4.22. The Balaban J connectivity index is 2.14. The molecule has 2 fully saturated rings. The van der Waals surface area contributed by atoms with Gasteiger partial charge in [-0.05, 0) is 26.8 Å². The number of likely N-dealkylation sites (tertiary alicyclic amines) is 1. The number of nitrogens with one attached hydrogen (secondary N) is 1. The predicted molar refractivity (Wildman–Crippen MR) is 63.6 cm³/mol. The second-order valence-corrected chi connectivity index (χ2v) is 5.24. The van der Waals surface area contributed by atoms with Crippen molar-refractivity contribution in [3.05, 3.63) is 0 Å². The first kappa shape index (κ1) is 12.8. The van der Waals surface area contributed by atoms with Gasteiger partial charge in [0.05, 0.1) is 12.2 Å². The van der Waals surface area contributed by atoms with Crippen LogP contribution < -0.4 is 5.32 Å². The molecule has 0 aromatic heterocycles. The van der Waals surface area contributed by atoms with Gasteiger partial charge in [-0.3, -0.25) is 4.79 Å². The molecule has 2 N–H and O–H groups in total. The van der Waals surface area contributed by atoms with E-state index in [0.717, 1.165) is 13.1 Å². The Morgan fingerprint density at radius 3 is 2.41 bits per heavy atom. The van der Waals surface area contributed by atoms with Gasteiger partial charge < -0.3 is 20.1 Å². The third kappa shape index (κ3) is 1.96. The van der Waals surface area contributed by atoms with Crippen molar-refractivity contribution in [3.63, 3.8) is 0 Å². The fraction of sp³-hybridized carbons (Fsp3) is 0.917. The number of esters is 1. The van der Waals surface area contributed by atoms with Crippen LogP contribution in [0, 0.1) is 5.41 Å². The van der Waals surface area contributed by atoms with Crippen molar-refractivity contribution in [1.29, 1.82) is 0 Å². The molecule has 0 amide bonds. The van der Waals surface area contributed by atoms with Crippen molar-refractivity contribution in [3.8, 4) is 0 Å². The highest BCUT2D eigenvalue weighted by molar-refractivity contribution is 5.80. The minimum Gasteiger partial charge on any atom is -0.465 e. The fourth-order valence-electron chi connectivity index (χ4n) is 2.77. The topological polar surface area (TPSA) is 61.8 Å². The SMILES string of the molecule is CCOC(=O)C1(C2(O)CCN(C)CC2)CNC1. The molecular weight excluding hydrogens is 220 g/mol. The normalized spacial score (nSPS) is 27.2. The van der Waals surface area contributed by atoms with Gasteiger partial charge in [0.2, 0.25) is 0 Å². The summed E-state index contributed by atoms with van der Waals surface area (Å²) in [5.74, 6) is -0.245. The Kier molecular flexibility index (Phi) is 3.43. The Labute approximate surface area is 102 Å². The summed E-state index contributed by atoms with van der Waals surface area (Å²) in [6.45, 7) is 4.90. The molecule has 98 valence electrons. The lowest BCUT2D eigenvalue weighted by molar-refractivity contribution is -0.191. The van der Waals surface area contributed by atoms with Crippen LogP contribution in [0.15, 0.2) is 0 Å². The van der Waals surface area contributed by atoms with Crippen molar-refractivity contribution in [2.24, 2.45) is 5.41 Å². The average molecular weight is 242 g/mol. The number of nitrogens with zero attached hydrogens (tertiary/aromatic N) is 1. The first-order chi connectivity index (χ1) is 8.04. The van der Waals surface area contributed by atoms with E-state index in [-0.39, 0.29) is 5.97 Å². The number of piperidine rings is 1. The van der Waals surface area contributed by atoms with Gasteiger partial charge in [-0.1, -0.05) is 0 Å². The molecule has 2 aliphatic heterocycles. The lowest BCUT2D eigenvalue weighted by atomic mass is 9.63. The summed E-state index contributed by atoms with van der Waals surface area (Å²) in [6.07, 6.45) is 1.29. The third-order valence-corrected chi connectivity index (χ3v) is 4.22. The Morgan fingerprint density at radius 1 is 1.41 bits per heavy atom. The zero-order chi connectivity index (χ0) is 12.5. The quantitative estimate of drug-likeness (QED) is 0.659. The lowest BCUT2D eigenvalue weighted by Crippen LogP contribution is -2.72. The van der Waals surface area contributed by atoms with Crippen LogP contribution in [0.3, 0.4) is 0 Å². The highest BCUT2D eigenvalue weighted by Gasteiger charge is 2.60. The maximum absolute atomic E-state index is 12.1. The minimum atomic E-state index is -0.906. The van der Waals surface area contributed by atoms with E-state index in [0.29, 0.717) is 32.5 Å². The van der Waals surface area contributed by atoms with Crippen LogP contribution in [-0.4, -0.2) is 61.4 Å². The van der Waals surface area contributed by atoms with Gasteiger partial charge in [-0.2, -0.15) is 0 Å². The summed E-state index contributed by atoms with van der Waals surface area (Å²) < 4.78 is 5.14. The summed E-state index contributed by atoms with van der Waals surface area (Å²) in [7, 11) is 2.04. The van der Waals surface area contributed by atoms with Crippen molar-refractivity contribution < 1.29 is 14.6 Å². The summed E-state index contributed by atoms with van der Waals surface area (Å²) >= 11 is 0. The lowest BCUT2D eigenvalue weighted by Gasteiger charge is -2.53. The summed E-state index contributed by atoms with van der Waals surface area (Å²) in [4.78, 5) is 14.3. The van der Waals surface area contributed by atoms with Gasteiger partial charge in [0.25, 0.3) is 0 Å². The second-order valence-electron chi connectivity index (χ2n) is 5.24. The van der Waals surface area contributed by atoms with Gasteiger partial charge in [0, 0.05) is 26.2 Å². The zero-order valence-electron chi connectivity index (χ0n) is 10.7. The molecule has 5 heteroatoms. The monoisotopic (exact) mass is 242 g/mol. The summed E-state index contributed by atoms with van der Waals surface area (Å²) in [6, 6.07) is 0. The van der Waals surface area contributed by atoms with Gasteiger partial charge in [-0.25, -0.2) is 0 Å². The largest absolute Gasteiger partial charge is 0.465 e. The predicted octanol–water partition coefficient (Wildman–Crippen LogP) is -0.404. The van der Waals surface area contributed by atoms with E-state index >= 15 is 0 Å². The standard InChI is InChI=1S/C12H22N2O3/c1-3-17-10(15)11(8-13-9-11)12(16)4-6-14(2)7-5-12/h13,16H,3-9H2,1-2H3. The number of aliphatic hydroxyl groups is 1. The van der Waals surface area contributed by atoms with E-state index in [1.807, 2.05) is 7.05 Å². The van der Waals surface area contributed by atoms with Crippen molar-refractivity contribution in [2.75, 3.05) is 39.8 Å². The van der Waals surface area contributed by atoms with Crippen LogP contribution in [0.5, 0.6) is 0 Å². The average Bonchev–Trinajstić information content (AvgIpc) is 2.21. The van der Waals surface area contributed by atoms with Crippen molar-refractivity contribution >= 4 is 5.97 Å². The number of ether oxygens (including phenoxy) is 1.